The summed E-state index contributed by atoms with van der Waals surface area (Å²) in [5, 5.41) is 6.91. The van der Waals surface area contributed by atoms with Gasteiger partial charge in [0, 0.05) is 23.8 Å². The van der Waals surface area contributed by atoms with Gasteiger partial charge in [-0.3, -0.25) is 19.1 Å². The normalized spacial score (nSPS) is 30.6. The van der Waals surface area contributed by atoms with Crippen molar-refractivity contribution in [3.05, 3.63) is 36.4 Å². The number of nitrogens with zero attached hydrogens (tertiary/aromatic N) is 2. The molecule has 1 aromatic heterocycles. The lowest BCUT2D eigenvalue weighted by atomic mass is 9.88. The molecule has 57 heavy (non-hydrogen) atoms. The Morgan fingerprint density at radius 2 is 1.86 bits per heavy atom. The number of carbonyl (C=O) groups is 4. The first kappa shape index (κ1) is 40.5. The molecule has 18 heteroatoms. The van der Waals surface area contributed by atoms with Crippen molar-refractivity contribution in [3.63, 3.8) is 0 Å². The molecule has 3 aliphatic heterocycles. The van der Waals surface area contributed by atoms with E-state index < -0.39 is 86.9 Å². The molecule has 0 spiro atoms. The first-order valence-corrected chi connectivity index (χ1v) is 20.9. The summed E-state index contributed by atoms with van der Waals surface area (Å²) >= 11 is 0. The second-order valence-electron chi connectivity index (χ2n) is 16.1. The summed E-state index contributed by atoms with van der Waals surface area (Å²) in [4.78, 5) is 62.3. The fraction of sp³-hybridized carbons (Fsp3) is 0.615. The molecule has 4 heterocycles. The number of pyridine rings is 1. The minimum absolute atomic E-state index is 0.0447. The van der Waals surface area contributed by atoms with Crippen LogP contribution >= 0.6 is 0 Å². The Hall–Kier alpha value is -4.71. The van der Waals surface area contributed by atoms with Gasteiger partial charge in [0.2, 0.25) is 33.6 Å². The number of ether oxygens (including phenoxy) is 5. The van der Waals surface area contributed by atoms with Crippen molar-refractivity contribution in [1.82, 2.24) is 25.2 Å². The molecule has 310 valence electrons. The predicted molar refractivity (Wildman–Crippen MR) is 203 cm³/mol. The smallest absolute Gasteiger partial charge is 0.408 e. The number of nitrogens with one attached hydrogen (secondary N) is 3. The largest absolute Gasteiger partial charge is 0.497 e. The van der Waals surface area contributed by atoms with Crippen molar-refractivity contribution in [1.29, 1.82) is 0 Å². The van der Waals surface area contributed by atoms with Crippen molar-refractivity contribution in [2.45, 2.75) is 93.4 Å². The number of sulfonamides is 1. The minimum Gasteiger partial charge on any atom is -0.497 e. The lowest BCUT2D eigenvalue weighted by Crippen LogP contribution is -2.59. The molecule has 7 rings (SSSR count). The summed E-state index contributed by atoms with van der Waals surface area (Å²) in [5.74, 6) is -2.06. The number of alkyl halides is 1. The highest BCUT2D eigenvalue weighted by Gasteiger charge is 2.64. The van der Waals surface area contributed by atoms with Crippen molar-refractivity contribution in [2.75, 3.05) is 40.7 Å². The molecule has 2 saturated heterocycles. The van der Waals surface area contributed by atoms with E-state index in [9.17, 15) is 32.0 Å². The van der Waals surface area contributed by atoms with Crippen LogP contribution in [0.25, 0.3) is 10.8 Å². The fourth-order valence-corrected chi connectivity index (χ4v) is 9.43. The molecule has 2 aromatic rings. The van der Waals surface area contributed by atoms with Gasteiger partial charge in [-0.05, 0) is 73.9 Å². The lowest BCUT2D eigenvalue weighted by Gasteiger charge is -2.33. The summed E-state index contributed by atoms with van der Waals surface area (Å²) in [6.07, 6.45) is 3.73. The van der Waals surface area contributed by atoms with E-state index in [2.05, 4.69) is 20.3 Å². The zero-order valence-electron chi connectivity index (χ0n) is 32.5. The summed E-state index contributed by atoms with van der Waals surface area (Å²) < 4.78 is 68.6. The lowest BCUT2D eigenvalue weighted by molar-refractivity contribution is -0.142. The minimum atomic E-state index is -4.40. The molecule has 4 amide bonds. The molecule has 2 aliphatic carbocycles. The molecule has 4 fully saturated rings. The molecule has 0 radical (unpaired) electrons. The van der Waals surface area contributed by atoms with Gasteiger partial charge in [-0.2, -0.15) is 4.98 Å². The van der Waals surface area contributed by atoms with Crippen LogP contribution in [0.5, 0.6) is 17.5 Å². The Morgan fingerprint density at radius 1 is 1.09 bits per heavy atom. The van der Waals surface area contributed by atoms with Gasteiger partial charge < -0.3 is 39.2 Å². The average molecular weight is 816 g/mol. The molecule has 5 aliphatic rings. The number of halogens is 1. The van der Waals surface area contributed by atoms with Gasteiger partial charge in [0.05, 0.1) is 34.0 Å². The number of hydrogen-bond acceptors (Lipinski definition) is 12. The number of aromatic nitrogens is 1. The maximum atomic E-state index is 14.8. The van der Waals surface area contributed by atoms with E-state index in [0.717, 1.165) is 0 Å². The zero-order chi connectivity index (χ0) is 40.7. The number of amides is 4. The Morgan fingerprint density at radius 3 is 2.53 bits per heavy atom. The Kier molecular flexibility index (Phi) is 11.3. The second-order valence-corrected chi connectivity index (χ2v) is 18.1. The van der Waals surface area contributed by atoms with Crippen LogP contribution in [0.4, 0.5) is 9.18 Å². The van der Waals surface area contributed by atoms with Crippen LogP contribution in [0, 0.1) is 17.8 Å². The van der Waals surface area contributed by atoms with E-state index in [1.807, 2.05) is 19.9 Å². The van der Waals surface area contributed by atoms with E-state index in [1.54, 1.807) is 37.5 Å². The van der Waals surface area contributed by atoms with Crippen LogP contribution in [-0.2, 0) is 33.9 Å². The number of rotatable bonds is 10. The summed E-state index contributed by atoms with van der Waals surface area (Å²) in [6.45, 7) is 3.14. The summed E-state index contributed by atoms with van der Waals surface area (Å²) in [6, 6.07) is 4.70. The van der Waals surface area contributed by atoms with Gasteiger partial charge in [0.15, 0.2) is 6.10 Å². The summed E-state index contributed by atoms with van der Waals surface area (Å²) in [5.41, 5.74) is -1.67. The van der Waals surface area contributed by atoms with Gasteiger partial charge in [0.1, 0.15) is 40.9 Å². The number of allylic oxidation sites excluding steroid dienone is 1. The third-order valence-electron chi connectivity index (χ3n) is 11.9. The molecule has 7 atom stereocenters. The molecule has 2 saturated carbocycles. The van der Waals surface area contributed by atoms with Crippen LogP contribution in [-0.4, -0.2) is 117 Å². The number of fused-ring (bicyclic) bond motifs is 3. The Bertz CT molecular complexity index is 2040. The topological polar surface area (TPSA) is 201 Å². The number of hydrogen-bond donors (Lipinski definition) is 3. The molecule has 3 N–H and O–H groups in total. The van der Waals surface area contributed by atoms with Crippen molar-refractivity contribution in [3.8, 4) is 17.5 Å². The Balaban J connectivity index is 1.22. The van der Waals surface area contributed by atoms with Crippen molar-refractivity contribution >= 4 is 44.6 Å². The fourth-order valence-electron chi connectivity index (χ4n) is 8.01. The maximum absolute atomic E-state index is 14.8. The number of methoxy groups -OCH3 is 2. The van der Waals surface area contributed by atoms with E-state index in [4.69, 9.17) is 23.7 Å². The van der Waals surface area contributed by atoms with E-state index >= 15 is 0 Å². The second kappa shape index (κ2) is 15.9. The molecule has 1 aromatic carbocycles. The first-order valence-electron chi connectivity index (χ1n) is 19.4. The molecule has 0 unspecified atom stereocenters. The van der Waals surface area contributed by atoms with Gasteiger partial charge in [-0.1, -0.05) is 26.0 Å². The predicted octanol–water partition coefficient (Wildman–Crippen LogP) is 2.93. The van der Waals surface area contributed by atoms with Crippen LogP contribution in [0.2, 0.25) is 0 Å². The van der Waals surface area contributed by atoms with E-state index in [0.29, 0.717) is 35.8 Å². The van der Waals surface area contributed by atoms with Crippen molar-refractivity contribution in [2.24, 2.45) is 17.8 Å². The van der Waals surface area contributed by atoms with Crippen LogP contribution in [0.3, 0.4) is 0 Å². The monoisotopic (exact) mass is 815 g/mol. The van der Waals surface area contributed by atoms with Crippen LogP contribution < -0.4 is 29.6 Å². The highest BCUT2D eigenvalue weighted by Crippen LogP contribution is 2.48. The third kappa shape index (κ3) is 8.20. The maximum Gasteiger partial charge on any atom is 0.408 e. The van der Waals surface area contributed by atoms with Crippen LogP contribution in [0.1, 0.15) is 58.8 Å². The first-order chi connectivity index (χ1) is 27.2. The van der Waals surface area contributed by atoms with Gasteiger partial charge in [-0.15, -0.1) is 0 Å². The highest BCUT2D eigenvalue weighted by atomic mass is 32.2. The third-order valence-corrected chi connectivity index (χ3v) is 14.0. The Labute approximate surface area is 330 Å². The average Bonchev–Trinajstić information content (AvgIpc) is 4.07. The number of alkyl carbamates (subject to hydrolysis) is 1. The molecular formula is C39H50FN5O11S. The van der Waals surface area contributed by atoms with Gasteiger partial charge in [0.25, 0.3) is 5.91 Å². The standard InChI is InChI=1S/C39H50FN5O11S/c1-22-7-5-6-8-25-17-39(25,36(48)44-57(50,51)38(21-40)11-12-38)43-33(46)30-16-27(55-34-29-10-9-26(52-3)14-24(29)15-31(41-34)53-4)18-45(30)35(47)32(23(2)13-22)42-37(49)56-28-19-54-20-28/h6,8-10,14-15,22-23,25,27-28,30,32H,5,7,11-13,16-21H2,1-4H3,(H,42,49)(H,43,46)(H,44,48)/b8-6-/t22-,23-,25-,27-,30+,32+,39-/m1/s1. The summed E-state index contributed by atoms with van der Waals surface area (Å²) in [7, 11) is -1.39. The number of carbonyl (C=O) groups excluding carboxylic acids is 4. The van der Waals surface area contributed by atoms with E-state index in [-0.39, 0.29) is 63.1 Å². The van der Waals surface area contributed by atoms with Crippen molar-refractivity contribution < 1.29 is 55.7 Å². The van der Waals surface area contributed by atoms with Gasteiger partial charge >= 0.3 is 6.09 Å². The quantitative estimate of drug-likeness (QED) is 0.297. The molecule has 16 nitrogen and oxygen atoms in total. The van der Waals surface area contributed by atoms with Crippen LogP contribution in [0.15, 0.2) is 36.4 Å². The molecular weight excluding hydrogens is 766 g/mol. The SMILES string of the molecule is COc1ccc2c(O[C@@H]3C[C@H]4C(=O)N[C@]5(C(=O)NS(=O)(=O)C6(CF)CC6)C[C@H]5/C=C\CC[C@@H](C)C[C@@H](C)[C@H](NC(=O)OC5COC5)C(=O)N4C3)nc(OC)cc2c1. The molecule has 0 bridgehead atoms. The number of benzene rings is 1. The zero-order valence-corrected chi connectivity index (χ0v) is 33.3. The van der Waals surface area contributed by atoms with E-state index in [1.165, 1.54) is 12.0 Å². The highest BCUT2D eigenvalue weighted by molar-refractivity contribution is 7.91. The van der Waals surface area contributed by atoms with Gasteiger partial charge in [-0.25, -0.2) is 17.6 Å².